The molecule has 1 aliphatic heterocycles. The lowest BCUT2D eigenvalue weighted by atomic mass is 10.2. The van der Waals surface area contributed by atoms with Crippen LogP contribution in [0.25, 0.3) is 0 Å². The summed E-state index contributed by atoms with van der Waals surface area (Å²) in [6.07, 6.45) is 2.53. The molecule has 4 atom stereocenters. The zero-order valence-corrected chi connectivity index (χ0v) is 5.42. The highest BCUT2D eigenvalue weighted by atomic mass is 16.5. The van der Waals surface area contributed by atoms with Crippen LogP contribution in [0, 0.1) is 11.8 Å². The third-order valence-corrected chi connectivity index (χ3v) is 2.47. The van der Waals surface area contributed by atoms with Gasteiger partial charge >= 0.3 is 0 Å². The summed E-state index contributed by atoms with van der Waals surface area (Å²) in [5.41, 5.74) is 0. The van der Waals surface area contributed by atoms with Gasteiger partial charge in [-0.15, -0.1) is 0 Å². The molecular weight excluding hydrogens is 100 g/mol. The second kappa shape index (κ2) is 1.27. The normalized spacial score (nSPS) is 60.8. The Morgan fingerprint density at radius 1 is 1.38 bits per heavy atom. The van der Waals surface area contributed by atoms with Crippen LogP contribution in [0.4, 0.5) is 0 Å². The summed E-state index contributed by atoms with van der Waals surface area (Å²) in [5.74, 6) is 1.82. The van der Waals surface area contributed by atoms with Crippen LogP contribution in [-0.2, 0) is 4.74 Å². The van der Waals surface area contributed by atoms with E-state index in [1.54, 1.807) is 0 Å². The average molecular weight is 112 g/mol. The van der Waals surface area contributed by atoms with Crippen molar-refractivity contribution in [2.24, 2.45) is 11.8 Å². The summed E-state index contributed by atoms with van der Waals surface area (Å²) in [6, 6.07) is 0. The Morgan fingerprint density at radius 2 is 2.12 bits per heavy atom. The van der Waals surface area contributed by atoms with Crippen molar-refractivity contribution in [3.05, 3.63) is 0 Å². The summed E-state index contributed by atoms with van der Waals surface area (Å²) in [5, 5.41) is 0. The molecule has 0 N–H and O–H groups in total. The minimum atomic E-state index is 0.557. The third-order valence-electron chi connectivity index (χ3n) is 2.47. The van der Waals surface area contributed by atoms with Gasteiger partial charge in [-0.05, 0) is 25.2 Å². The van der Waals surface area contributed by atoms with E-state index in [2.05, 4.69) is 13.8 Å². The maximum absolute atomic E-state index is 5.55. The second-order valence-corrected chi connectivity index (χ2v) is 3.17. The Labute approximate surface area is 50.0 Å². The van der Waals surface area contributed by atoms with Crippen molar-refractivity contribution >= 4 is 0 Å². The van der Waals surface area contributed by atoms with Gasteiger partial charge in [0.15, 0.2) is 0 Å². The molecule has 2 fully saturated rings. The van der Waals surface area contributed by atoms with E-state index in [-0.39, 0.29) is 0 Å². The van der Waals surface area contributed by atoms with E-state index in [0.29, 0.717) is 12.2 Å². The lowest BCUT2D eigenvalue weighted by molar-refractivity contribution is 0.0743. The Morgan fingerprint density at radius 3 is 2.50 bits per heavy atom. The maximum Gasteiger partial charge on any atom is 0.0640 e. The molecule has 1 heteroatoms. The van der Waals surface area contributed by atoms with Crippen LogP contribution in [0.3, 0.4) is 0 Å². The number of rotatable bonds is 0. The first kappa shape index (κ1) is 4.80. The van der Waals surface area contributed by atoms with Gasteiger partial charge in [0.05, 0.1) is 12.2 Å². The Bertz CT molecular complexity index is 99.0. The predicted octanol–water partition coefficient (Wildman–Crippen LogP) is 1.43. The Kier molecular flexibility index (Phi) is 0.762. The van der Waals surface area contributed by atoms with Crippen molar-refractivity contribution in [3.63, 3.8) is 0 Å². The molecule has 46 valence electrons. The molecule has 1 saturated carbocycles. The molecule has 1 aliphatic carbocycles. The Hall–Kier alpha value is -0.0400. The number of ether oxygens (including phenoxy) is 1. The molecular formula is C7H12O. The molecule has 8 heavy (non-hydrogen) atoms. The minimum Gasteiger partial charge on any atom is -0.375 e. The Balaban J connectivity index is 2.00. The molecule has 2 aliphatic rings. The van der Waals surface area contributed by atoms with Crippen molar-refractivity contribution in [2.45, 2.75) is 32.5 Å². The first-order valence-electron chi connectivity index (χ1n) is 3.44. The van der Waals surface area contributed by atoms with Crippen LogP contribution in [0.15, 0.2) is 0 Å². The summed E-state index contributed by atoms with van der Waals surface area (Å²) in [7, 11) is 0. The molecule has 1 heterocycles. The highest BCUT2D eigenvalue weighted by Gasteiger charge is 2.53. The van der Waals surface area contributed by atoms with Crippen LogP contribution < -0.4 is 0 Å². The summed E-state index contributed by atoms with van der Waals surface area (Å²) in [6.45, 7) is 4.44. The van der Waals surface area contributed by atoms with Gasteiger partial charge in [0, 0.05) is 0 Å². The van der Waals surface area contributed by atoms with E-state index in [4.69, 9.17) is 4.74 Å². The maximum atomic E-state index is 5.55. The molecule has 0 aromatic carbocycles. The van der Waals surface area contributed by atoms with E-state index in [9.17, 15) is 0 Å². The van der Waals surface area contributed by atoms with Crippen LogP contribution >= 0.6 is 0 Å². The molecule has 0 radical (unpaired) electrons. The minimum absolute atomic E-state index is 0.557. The highest BCUT2D eigenvalue weighted by molar-refractivity contribution is 5.01. The first-order valence-corrected chi connectivity index (χ1v) is 3.44. The van der Waals surface area contributed by atoms with Gasteiger partial charge in [0.1, 0.15) is 0 Å². The SMILES string of the molecule is CC1CC2C(C)[C@@H]2O1. The fraction of sp³-hybridized carbons (Fsp3) is 1.00. The van der Waals surface area contributed by atoms with Gasteiger partial charge in [-0.3, -0.25) is 0 Å². The smallest absolute Gasteiger partial charge is 0.0640 e. The van der Waals surface area contributed by atoms with Gasteiger partial charge < -0.3 is 4.74 Å². The van der Waals surface area contributed by atoms with Crippen molar-refractivity contribution in [2.75, 3.05) is 0 Å². The van der Waals surface area contributed by atoms with E-state index in [1.165, 1.54) is 6.42 Å². The number of hydrogen-bond donors (Lipinski definition) is 0. The van der Waals surface area contributed by atoms with E-state index in [0.717, 1.165) is 11.8 Å². The monoisotopic (exact) mass is 112 g/mol. The average Bonchev–Trinajstić information content (AvgIpc) is 2.29. The molecule has 0 amide bonds. The molecule has 0 aromatic rings. The highest BCUT2D eigenvalue weighted by Crippen LogP contribution is 2.50. The number of fused-ring (bicyclic) bond motifs is 1. The standard InChI is InChI=1S/C7H12O/c1-4-3-6-5(2)7(6)8-4/h4-7H,3H2,1-2H3/t4?,5?,6?,7-/m0/s1. The van der Waals surface area contributed by atoms with E-state index < -0.39 is 0 Å². The van der Waals surface area contributed by atoms with Gasteiger partial charge in [-0.25, -0.2) is 0 Å². The quantitative estimate of drug-likeness (QED) is 0.460. The van der Waals surface area contributed by atoms with Crippen molar-refractivity contribution in [1.29, 1.82) is 0 Å². The lowest BCUT2D eigenvalue weighted by Gasteiger charge is -2.04. The van der Waals surface area contributed by atoms with Crippen LogP contribution in [0.1, 0.15) is 20.3 Å². The molecule has 1 saturated heterocycles. The fourth-order valence-electron chi connectivity index (χ4n) is 1.79. The zero-order chi connectivity index (χ0) is 5.72. The van der Waals surface area contributed by atoms with Gasteiger partial charge in [-0.2, -0.15) is 0 Å². The van der Waals surface area contributed by atoms with Crippen molar-refractivity contribution in [1.82, 2.24) is 0 Å². The number of hydrogen-bond acceptors (Lipinski definition) is 1. The van der Waals surface area contributed by atoms with E-state index in [1.807, 2.05) is 0 Å². The lowest BCUT2D eigenvalue weighted by Crippen LogP contribution is -2.04. The summed E-state index contributed by atoms with van der Waals surface area (Å²) < 4.78 is 5.55. The van der Waals surface area contributed by atoms with E-state index >= 15 is 0 Å². The predicted molar refractivity (Wildman–Crippen MR) is 31.6 cm³/mol. The fourth-order valence-corrected chi connectivity index (χ4v) is 1.79. The zero-order valence-electron chi connectivity index (χ0n) is 5.42. The summed E-state index contributed by atoms with van der Waals surface area (Å²) in [4.78, 5) is 0. The van der Waals surface area contributed by atoms with Gasteiger partial charge in [0.2, 0.25) is 0 Å². The topological polar surface area (TPSA) is 9.23 Å². The van der Waals surface area contributed by atoms with Crippen molar-refractivity contribution < 1.29 is 4.74 Å². The van der Waals surface area contributed by atoms with Crippen LogP contribution in [0.5, 0.6) is 0 Å². The molecule has 0 aromatic heterocycles. The van der Waals surface area contributed by atoms with Crippen LogP contribution in [0.2, 0.25) is 0 Å². The van der Waals surface area contributed by atoms with Gasteiger partial charge in [0.25, 0.3) is 0 Å². The molecule has 1 nitrogen and oxygen atoms in total. The largest absolute Gasteiger partial charge is 0.375 e. The van der Waals surface area contributed by atoms with Gasteiger partial charge in [-0.1, -0.05) is 6.92 Å². The molecule has 3 unspecified atom stereocenters. The second-order valence-electron chi connectivity index (χ2n) is 3.17. The van der Waals surface area contributed by atoms with Crippen molar-refractivity contribution in [3.8, 4) is 0 Å². The third kappa shape index (κ3) is 0.455. The summed E-state index contributed by atoms with van der Waals surface area (Å²) >= 11 is 0. The molecule has 0 spiro atoms. The van der Waals surface area contributed by atoms with Crippen LogP contribution in [-0.4, -0.2) is 12.2 Å². The first-order chi connectivity index (χ1) is 3.79. The molecule has 0 bridgehead atoms. The molecule has 2 rings (SSSR count).